The Balaban J connectivity index is 2.02. The molecule has 0 aliphatic rings. The largest absolute Gasteiger partial charge is 0.461 e. The highest BCUT2D eigenvalue weighted by molar-refractivity contribution is 9.10. The van der Waals surface area contributed by atoms with E-state index in [-0.39, 0.29) is 0 Å². The summed E-state index contributed by atoms with van der Waals surface area (Å²) >= 11 is 8.64. The molecule has 2 heterocycles. The maximum atomic E-state index is 5.32. The summed E-state index contributed by atoms with van der Waals surface area (Å²) in [5.41, 5.74) is 0.945. The third-order valence-corrected chi connectivity index (χ3v) is 3.60. The van der Waals surface area contributed by atoms with Gasteiger partial charge in [-0.15, -0.1) is 5.10 Å². The average Bonchev–Trinajstić information content (AvgIpc) is 3.08. The summed E-state index contributed by atoms with van der Waals surface area (Å²) in [7, 11) is 0. The number of rotatable bonds is 3. The van der Waals surface area contributed by atoms with E-state index in [4.69, 9.17) is 16.6 Å². The molecule has 0 fully saturated rings. The van der Waals surface area contributed by atoms with Gasteiger partial charge in [0.1, 0.15) is 0 Å². The average molecular weight is 349 g/mol. The van der Waals surface area contributed by atoms with Gasteiger partial charge in [0.15, 0.2) is 5.76 Å². The van der Waals surface area contributed by atoms with Gasteiger partial charge in [-0.25, -0.2) is 5.10 Å². The highest BCUT2D eigenvalue weighted by Gasteiger charge is 2.10. The number of halogens is 1. The second kappa shape index (κ2) is 5.56. The lowest BCUT2D eigenvalue weighted by Gasteiger charge is -1.99. The molecule has 2 aromatic heterocycles. The summed E-state index contributed by atoms with van der Waals surface area (Å²) in [5, 5.41) is 11.2. The Morgan fingerprint density at radius 1 is 1.30 bits per heavy atom. The maximum absolute atomic E-state index is 5.32. The molecule has 0 aliphatic heterocycles. The first-order chi connectivity index (χ1) is 9.75. The maximum Gasteiger partial charge on any atom is 0.219 e. The van der Waals surface area contributed by atoms with Crippen LogP contribution in [0.25, 0.3) is 11.6 Å². The van der Waals surface area contributed by atoms with E-state index < -0.39 is 0 Å². The van der Waals surface area contributed by atoms with Crippen LogP contribution in [-0.2, 0) is 0 Å². The quantitative estimate of drug-likeness (QED) is 0.577. The standard InChI is InChI=1S/C13H9BrN4OS/c14-10-5-2-1-4-9(10)8-15-18-12(16-17-13(18)20)11-6-3-7-19-11/h1-8H,(H,17,20)/b15-8+. The van der Waals surface area contributed by atoms with Crippen molar-refractivity contribution < 1.29 is 4.42 Å². The molecule has 20 heavy (non-hydrogen) atoms. The fourth-order valence-corrected chi connectivity index (χ4v) is 2.23. The first-order valence-electron chi connectivity index (χ1n) is 5.76. The first-order valence-corrected chi connectivity index (χ1v) is 6.96. The molecule has 1 N–H and O–H groups in total. The van der Waals surface area contributed by atoms with Crippen LogP contribution in [-0.4, -0.2) is 21.1 Å². The summed E-state index contributed by atoms with van der Waals surface area (Å²) in [6.45, 7) is 0. The Bertz CT molecular complexity index is 804. The van der Waals surface area contributed by atoms with Crippen molar-refractivity contribution in [1.29, 1.82) is 0 Å². The molecule has 0 amide bonds. The molecule has 7 heteroatoms. The Hall–Kier alpha value is -1.99. The number of aromatic nitrogens is 3. The van der Waals surface area contributed by atoms with E-state index >= 15 is 0 Å². The minimum Gasteiger partial charge on any atom is -0.461 e. The van der Waals surface area contributed by atoms with Crippen molar-refractivity contribution in [3.05, 3.63) is 57.5 Å². The summed E-state index contributed by atoms with van der Waals surface area (Å²) in [6.07, 6.45) is 3.29. The predicted molar refractivity (Wildman–Crippen MR) is 82.2 cm³/mol. The van der Waals surface area contributed by atoms with E-state index in [9.17, 15) is 0 Å². The fourth-order valence-electron chi connectivity index (χ4n) is 1.66. The molecule has 5 nitrogen and oxygen atoms in total. The molecule has 0 saturated carbocycles. The predicted octanol–water partition coefficient (Wildman–Crippen LogP) is 3.85. The zero-order chi connectivity index (χ0) is 13.9. The van der Waals surface area contributed by atoms with Crippen molar-refractivity contribution in [2.75, 3.05) is 0 Å². The molecule has 0 unspecified atom stereocenters. The van der Waals surface area contributed by atoms with Gasteiger partial charge >= 0.3 is 0 Å². The normalized spacial score (nSPS) is 11.2. The van der Waals surface area contributed by atoms with Gasteiger partial charge < -0.3 is 4.42 Å². The fraction of sp³-hybridized carbons (Fsp3) is 0. The van der Waals surface area contributed by atoms with Gasteiger partial charge in [-0.2, -0.15) is 9.78 Å². The highest BCUT2D eigenvalue weighted by Crippen LogP contribution is 2.18. The number of H-pyrrole nitrogens is 1. The Morgan fingerprint density at radius 3 is 2.90 bits per heavy atom. The zero-order valence-corrected chi connectivity index (χ0v) is 12.6. The third kappa shape index (κ3) is 2.50. The zero-order valence-electron chi connectivity index (χ0n) is 10.2. The third-order valence-electron chi connectivity index (χ3n) is 2.61. The van der Waals surface area contributed by atoms with Crippen LogP contribution in [0, 0.1) is 4.77 Å². The van der Waals surface area contributed by atoms with E-state index in [0.29, 0.717) is 16.4 Å². The lowest BCUT2D eigenvalue weighted by atomic mass is 10.2. The number of nitrogens with one attached hydrogen (secondary N) is 1. The van der Waals surface area contributed by atoms with E-state index in [1.54, 1.807) is 24.6 Å². The second-order valence-corrected chi connectivity index (χ2v) is 5.15. The SMILES string of the molecule is S=c1[nH]nc(-c2ccco2)n1/N=C/c1ccccc1Br. The summed E-state index contributed by atoms with van der Waals surface area (Å²) in [4.78, 5) is 0. The molecule has 0 spiro atoms. The molecule has 1 aromatic carbocycles. The Morgan fingerprint density at radius 2 is 2.15 bits per heavy atom. The van der Waals surface area contributed by atoms with Gasteiger partial charge in [0.2, 0.25) is 10.6 Å². The minimum absolute atomic E-state index is 0.403. The smallest absolute Gasteiger partial charge is 0.219 e. The van der Waals surface area contributed by atoms with Gasteiger partial charge in [0, 0.05) is 10.0 Å². The molecule has 3 rings (SSSR count). The van der Waals surface area contributed by atoms with Crippen LogP contribution < -0.4 is 0 Å². The van der Waals surface area contributed by atoms with Crippen LogP contribution >= 0.6 is 28.1 Å². The van der Waals surface area contributed by atoms with E-state index in [0.717, 1.165) is 10.0 Å². The number of benzene rings is 1. The van der Waals surface area contributed by atoms with Crippen molar-refractivity contribution in [1.82, 2.24) is 14.9 Å². The number of hydrogen-bond acceptors (Lipinski definition) is 4. The molecule has 0 aliphatic carbocycles. The van der Waals surface area contributed by atoms with Crippen molar-refractivity contribution in [2.24, 2.45) is 5.10 Å². The molecule has 0 atom stereocenters. The highest BCUT2D eigenvalue weighted by atomic mass is 79.9. The van der Waals surface area contributed by atoms with Crippen LogP contribution in [0.5, 0.6) is 0 Å². The summed E-state index contributed by atoms with van der Waals surface area (Å²) < 4.78 is 8.20. The van der Waals surface area contributed by atoms with Crippen LogP contribution in [0.4, 0.5) is 0 Å². The summed E-state index contributed by atoms with van der Waals surface area (Å²) in [5.74, 6) is 1.13. The lowest BCUT2D eigenvalue weighted by molar-refractivity contribution is 0.573. The number of aromatic amines is 1. The number of furan rings is 1. The van der Waals surface area contributed by atoms with Crippen molar-refractivity contribution in [3.8, 4) is 11.6 Å². The lowest BCUT2D eigenvalue weighted by Crippen LogP contribution is -1.94. The number of nitrogens with zero attached hydrogens (tertiary/aromatic N) is 3. The van der Waals surface area contributed by atoms with Gasteiger partial charge in [0.05, 0.1) is 12.5 Å². The van der Waals surface area contributed by atoms with Crippen molar-refractivity contribution in [2.45, 2.75) is 0 Å². The number of hydrogen-bond donors (Lipinski definition) is 1. The van der Waals surface area contributed by atoms with Crippen LogP contribution in [0.2, 0.25) is 0 Å². The topological polar surface area (TPSA) is 59.1 Å². The van der Waals surface area contributed by atoms with Crippen molar-refractivity contribution >= 4 is 34.4 Å². The van der Waals surface area contributed by atoms with Crippen LogP contribution in [0.1, 0.15) is 5.56 Å². The first kappa shape index (κ1) is 13.0. The summed E-state index contributed by atoms with van der Waals surface area (Å²) in [6, 6.07) is 11.4. The molecule has 0 saturated heterocycles. The molecule has 0 bridgehead atoms. The van der Waals surface area contributed by atoms with Gasteiger partial charge in [-0.3, -0.25) is 0 Å². The molecule has 0 radical (unpaired) electrons. The monoisotopic (exact) mass is 348 g/mol. The van der Waals surface area contributed by atoms with Gasteiger partial charge in [0.25, 0.3) is 0 Å². The molecular formula is C13H9BrN4OS. The molecular weight excluding hydrogens is 340 g/mol. The van der Waals surface area contributed by atoms with Gasteiger partial charge in [-0.05, 0) is 30.4 Å². The molecule has 100 valence electrons. The van der Waals surface area contributed by atoms with Crippen LogP contribution in [0.3, 0.4) is 0 Å². The van der Waals surface area contributed by atoms with E-state index in [1.165, 1.54) is 4.68 Å². The Kier molecular flexibility index (Phi) is 3.62. The minimum atomic E-state index is 0.403. The Labute approximate surface area is 128 Å². The molecule has 3 aromatic rings. The van der Waals surface area contributed by atoms with E-state index in [1.807, 2.05) is 24.3 Å². The van der Waals surface area contributed by atoms with E-state index in [2.05, 4.69) is 31.2 Å². The second-order valence-electron chi connectivity index (χ2n) is 3.91. The van der Waals surface area contributed by atoms with Gasteiger partial charge in [-0.1, -0.05) is 34.1 Å². The van der Waals surface area contributed by atoms with Crippen molar-refractivity contribution in [3.63, 3.8) is 0 Å². The van der Waals surface area contributed by atoms with Crippen LogP contribution in [0.15, 0.2) is 56.7 Å².